The Hall–Kier alpha value is -1.54. The van der Waals surface area contributed by atoms with Crippen molar-refractivity contribution in [1.82, 2.24) is 0 Å². The van der Waals surface area contributed by atoms with Gasteiger partial charge in [0.1, 0.15) is 5.82 Å². The van der Waals surface area contributed by atoms with Crippen LogP contribution >= 0.6 is 11.6 Å². The van der Waals surface area contributed by atoms with Gasteiger partial charge < -0.3 is 5.32 Å². The molecule has 0 saturated heterocycles. The van der Waals surface area contributed by atoms with Crippen molar-refractivity contribution >= 4 is 17.3 Å². The lowest BCUT2D eigenvalue weighted by Crippen LogP contribution is -2.11. The molecule has 1 aliphatic heterocycles. The minimum absolute atomic E-state index is 0.256. The summed E-state index contributed by atoms with van der Waals surface area (Å²) >= 11 is 6.16. The molecule has 0 unspecified atom stereocenters. The van der Waals surface area contributed by atoms with Crippen LogP contribution in [-0.4, -0.2) is 6.54 Å². The highest BCUT2D eigenvalue weighted by Gasteiger charge is 2.12. The molecule has 2 aromatic rings. The fourth-order valence-electron chi connectivity index (χ4n) is 2.52. The van der Waals surface area contributed by atoms with Gasteiger partial charge in [0.15, 0.2) is 0 Å². The molecule has 1 heterocycles. The average molecular weight is 276 g/mol. The van der Waals surface area contributed by atoms with Gasteiger partial charge in [0.25, 0.3) is 0 Å². The molecular weight excluding hydrogens is 261 g/mol. The van der Waals surface area contributed by atoms with Crippen molar-refractivity contribution in [1.29, 1.82) is 0 Å². The van der Waals surface area contributed by atoms with Crippen LogP contribution in [0.25, 0.3) is 11.1 Å². The Labute approximate surface area is 117 Å². The number of rotatable bonds is 1. The molecule has 19 heavy (non-hydrogen) atoms. The standard InChI is InChI=1S/C16H15ClFN/c1-10-7-13(14(17)9-15(10)18)11-4-5-16-12(8-11)3-2-6-19-16/h4-5,7-9,19H,2-3,6H2,1H3. The van der Waals surface area contributed by atoms with E-state index in [0.717, 1.165) is 30.5 Å². The Morgan fingerprint density at radius 3 is 2.89 bits per heavy atom. The van der Waals surface area contributed by atoms with Crippen molar-refractivity contribution in [2.75, 3.05) is 11.9 Å². The molecule has 0 aliphatic carbocycles. The van der Waals surface area contributed by atoms with E-state index in [-0.39, 0.29) is 5.82 Å². The van der Waals surface area contributed by atoms with Crippen molar-refractivity contribution in [3.63, 3.8) is 0 Å². The zero-order valence-corrected chi connectivity index (χ0v) is 11.5. The average Bonchev–Trinajstić information content (AvgIpc) is 2.42. The van der Waals surface area contributed by atoms with E-state index in [9.17, 15) is 4.39 Å². The number of nitrogens with one attached hydrogen (secondary N) is 1. The maximum atomic E-state index is 13.5. The van der Waals surface area contributed by atoms with Gasteiger partial charge in [-0.05, 0) is 60.7 Å². The predicted molar refractivity (Wildman–Crippen MR) is 78.4 cm³/mol. The summed E-state index contributed by atoms with van der Waals surface area (Å²) in [6.45, 7) is 2.79. The quantitative estimate of drug-likeness (QED) is 0.787. The molecule has 1 aliphatic rings. The number of benzene rings is 2. The molecule has 0 saturated carbocycles. The normalized spacial score (nSPS) is 13.8. The topological polar surface area (TPSA) is 12.0 Å². The Balaban J connectivity index is 2.09. The molecule has 0 radical (unpaired) electrons. The van der Waals surface area contributed by atoms with E-state index in [4.69, 9.17) is 11.6 Å². The number of aryl methyl sites for hydroxylation is 2. The maximum absolute atomic E-state index is 13.5. The molecule has 1 N–H and O–H groups in total. The molecule has 1 nitrogen and oxygen atoms in total. The van der Waals surface area contributed by atoms with Gasteiger partial charge >= 0.3 is 0 Å². The van der Waals surface area contributed by atoms with Crippen LogP contribution in [0.4, 0.5) is 10.1 Å². The number of halogens is 2. The summed E-state index contributed by atoms with van der Waals surface area (Å²) in [5.74, 6) is -0.256. The molecule has 0 spiro atoms. The molecular formula is C16H15ClFN. The highest BCUT2D eigenvalue weighted by Crippen LogP contribution is 2.33. The van der Waals surface area contributed by atoms with Gasteiger partial charge in [-0.1, -0.05) is 17.7 Å². The van der Waals surface area contributed by atoms with Gasteiger partial charge in [0.05, 0.1) is 5.02 Å². The molecule has 2 aromatic carbocycles. The SMILES string of the molecule is Cc1cc(-c2ccc3c(c2)CCCN3)c(Cl)cc1F. The first-order chi connectivity index (χ1) is 9.15. The van der Waals surface area contributed by atoms with E-state index in [1.165, 1.54) is 17.3 Å². The van der Waals surface area contributed by atoms with Crippen LogP contribution in [0.2, 0.25) is 5.02 Å². The summed E-state index contributed by atoms with van der Waals surface area (Å²) in [5.41, 5.74) is 5.08. The van der Waals surface area contributed by atoms with Crippen molar-refractivity contribution < 1.29 is 4.39 Å². The van der Waals surface area contributed by atoms with E-state index >= 15 is 0 Å². The van der Waals surface area contributed by atoms with Gasteiger partial charge in [-0.2, -0.15) is 0 Å². The number of anilines is 1. The first-order valence-electron chi connectivity index (χ1n) is 6.48. The van der Waals surface area contributed by atoms with Gasteiger partial charge in [-0.15, -0.1) is 0 Å². The Bertz CT molecular complexity index is 637. The summed E-state index contributed by atoms with van der Waals surface area (Å²) in [6, 6.07) is 9.48. The molecule has 0 amide bonds. The molecule has 3 heteroatoms. The van der Waals surface area contributed by atoms with E-state index < -0.39 is 0 Å². The third-order valence-corrected chi connectivity index (χ3v) is 3.92. The van der Waals surface area contributed by atoms with Crippen LogP contribution < -0.4 is 5.32 Å². The van der Waals surface area contributed by atoms with Crippen molar-refractivity contribution in [2.24, 2.45) is 0 Å². The number of hydrogen-bond acceptors (Lipinski definition) is 1. The van der Waals surface area contributed by atoms with Crippen LogP contribution in [0, 0.1) is 12.7 Å². The first kappa shape index (κ1) is 12.5. The second-order valence-electron chi connectivity index (χ2n) is 4.98. The molecule has 0 fully saturated rings. The lowest BCUT2D eigenvalue weighted by molar-refractivity contribution is 0.619. The van der Waals surface area contributed by atoms with E-state index in [0.29, 0.717) is 10.6 Å². The van der Waals surface area contributed by atoms with Crippen molar-refractivity contribution in [3.8, 4) is 11.1 Å². The summed E-state index contributed by atoms with van der Waals surface area (Å²) in [5, 5.41) is 3.85. The molecule has 98 valence electrons. The van der Waals surface area contributed by atoms with Gasteiger partial charge in [-0.25, -0.2) is 4.39 Å². The van der Waals surface area contributed by atoms with Crippen molar-refractivity contribution in [2.45, 2.75) is 19.8 Å². The number of hydrogen-bond donors (Lipinski definition) is 1. The number of fused-ring (bicyclic) bond motifs is 1. The molecule has 3 rings (SSSR count). The second-order valence-corrected chi connectivity index (χ2v) is 5.39. The van der Waals surface area contributed by atoms with Crippen molar-refractivity contribution in [3.05, 3.63) is 52.3 Å². The summed E-state index contributed by atoms with van der Waals surface area (Å²) in [4.78, 5) is 0. The van der Waals surface area contributed by atoms with E-state index in [1.54, 1.807) is 6.92 Å². The lowest BCUT2D eigenvalue weighted by atomic mass is 9.96. The van der Waals surface area contributed by atoms with Gasteiger partial charge in [-0.3, -0.25) is 0 Å². The minimum Gasteiger partial charge on any atom is -0.385 e. The highest BCUT2D eigenvalue weighted by atomic mass is 35.5. The zero-order valence-electron chi connectivity index (χ0n) is 10.8. The van der Waals surface area contributed by atoms with E-state index in [2.05, 4.69) is 17.4 Å². The molecule has 0 atom stereocenters. The summed E-state index contributed by atoms with van der Waals surface area (Å²) in [7, 11) is 0. The van der Waals surface area contributed by atoms with Crippen LogP contribution in [0.1, 0.15) is 17.5 Å². The Morgan fingerprint density at radius 2 is 2.05 bits per heavy atom. The van der Waals surface area contributed by atoms with Crippen LogP contribution in [0.15, 0.2) is 30.3 Å². The fraction of sp³-hybridized carbons (Fsp3) is 0.250. The highest BCUT2D eigenvalue weighted by molar-refractivity contribution is 6.33. The molecule has 0 aromatic heterocycles. The van der Waals surface area contributed by atoms with E-state index in [1.807, 2.05) is 12.1 Å². The monoisotopic (exact) mass is 275 g/mol. The predicted octanol–water partition coefficient (Wildman–Crippen LogP) is 4.81. The third kappa shape index (κ3) is 2.33. The van der Waals surface area contributed by atoms with Crippen LogP contribution in [0.3, 0.4) is 0 Å². The Kier molecular flexibility index (Phi) is 3.19. The smallest absolute Gasteiger partial charge is 0.127 e. The Morgan fingerprint density at radius 1 is 1.21 bits per heavy atom. The zero-order chi connectivity index (χ0) is 13.4. The van der Waals surface area contributed by atoms with Gasteiger partial charge in [0.2, 0.25) is 0 Å². The lowest BCUT2D eigenvalue weighted by Gasteiger charge is -2.19. The summed E-state index contributed by atoms with van der Waals surface area (Å²) in [6.07, 6.45) is 2.22. The second kappa shape index (κ2) is 4.86. The largest absolute Gasteiger partial charge is 0.385 e. The summed E-state index contributed by atoms with van der Waals surface area (Å²) < 4.78 is 13.5. The van der Waals surface area contributed by atoms with Crippen LogP contribution in [-0.2, 0) is 6.42 Å². The maximum Gasteiger partial charge on any atom is 0.127 e. The first-order valence-corrected chi connectivity index (χ1v) is 6.86. The molecule has 0 bridgehead atoms. The van der Waals surface area contributed by atoms with Gasteiger partial charge in [0, 0.05) is 17.8 Å². The van der Waals surface area contributed by atoms with Crippen LogP contribution in [0.5, 0.6) is 0 Å². The third-order valence-electron chi connectivity index (χ3n) is 3.60. The fourth-order valence-corrected chi connectivity index (χ4v) is 2.78. The minimum atomic E-state index is -0.256.